The maximum absolute atomic E-state index is 14.0. The van der Waals surface area contributed by atoms with E-state index in [1.807, 2.05) is 81.1 Å². The minimum atomic E-state index is -0.897. The number of unbranched alkanes of at least 4 members (excludes halogenated alkanes) is 3. The molecule has 4 heterocycles. The monoisotopic (exact) mass is 864 g/mol. The van der Waals surface area contributed by atoms with Gasteiger partial charge in [0.15, 0.2) is 5.13 Å². The van der Waals surface area contributed by atoms with Gasteiger partial charge in [-0.3, -0.25) is 34.3 Å². The van der Waals surface area contributed by atoms with Crippen molar-refractivity contribution in [2.45, 2.75) is 91.0 Å². The number of pyridine rings is 1. The van der Waals surface area contributed by atoms with Gasteiger partial charge in [-0.05, 0) is 72.7 Å². The Morgan fingerprint density at radius 2 is 1.57 bits per heavy atom. The number of β-amino-alcohol motifs (C(OH)–C–C–N with tert-alkyl or cyclic N) is 1. The summed E-state index contributed by atoms with van der Waals surface area (Å²) in [6.45, 7) is 8.26. The van der Waals surface area contributed by atoms with E-state index in [1.54, 1.807) is 41.8 Å². The van der Waals surface area contributed by atoms with Crippen LogP contribution in [0.2, 0.25) is 0 Å². The number of carbonyl (C=O) groups excluding carboxylic acids is 5. The summed E-state index contributed by atoms with van der Waals surface area (Å²) in [5.74, 6) is -1.61. The third-order valence-corrected chi connectivity index (χ3v) is 12.1. The van der Waals surface area contributed by atoms with E-state index < -0.39 is 29.5 Å². The zero-order valence-electron chi connectivity index (χ0n) is 34.8. The minimum Gasteiger partial charge on any atom is -0.391 e. The summed E-state index contributed by atoms with van der Waals surface area (Å²) in [7, 11) is 0. The third-order valence-electron chi connectivity index (χ3n) is 10.4. The van der Waals surface area contributed by atoms with Crippen molar-refractivity contribution in [2.75, 3.05) is 18.4 Å². The summed E-state index contributed by atoms with van der Waals surface area (Å²) in [6, 6.07) is 18.1. The molecule has 0 bridgehead atoms. The van der Waals surface area contributed by atoms with Crippen molar-refractivity contribution in [3.63, 3.8) is 0 Å². The Morgan fingerprint density at radius 3 is 2.25 bits per heavy atom. The van der Waals surface area contributed by atoms with Crippen molar-refractivity contribution >= 4 is 57.3 Å². The number of nitrogens with zero attached hydrogens (tertiary/aromatic N) is 4. The second-order valence-electron chi connectivity index (χ2n) is 16.1. The fourth-order valence-corrected chi connectivity index (χ4v) is 8.50. The average Bonchev–Trinajstić information content (AvgIpc) is 4.01. The highest BCUT2D eigenvalue weighted by Gasteiger charge is 2.44. The lowest BCUT2D eigenvalue weighted by Gasteiger charge is -2.35. The second kappa shape index (κ2) is 20.6. The molecule has 3 atom stereocenters. The number of likely N-dealkylation sites (tertiary alicyclic amines) is 1. The first kappa shape index (κ1) is 44.7. The summed E-state index contributed by atoms with van der Waals surface area (Å²) >= 11 is 2.88. The van der Waals surface area contributed by atoms with Gasteiger partial charge in [-0.1, -0.05) is 63.9 Å². The highest BCUT2D eigenvalue weighted by atomic mass is 32.1. The van der Waals surface area contributed by atoms with Gasteiger partial charge in [-0.25, -0.2) is 9.97 Å². The zero-order valence-corrected chi connectivity index (χ0v) is 36.4. The largest absolute Gasteiger partial charge is 0.391 e. The first-order valence-electron chi connectivity index (χ1n) is 20.4. The van der Waals surface area contributed by atoms with Crippen LogP contribution in [0.5, 0.6) is 0 Å². The molecule has 1 saturated heterocycles. The number of aromatic nitrogens is 3. The summed E-state index contributed by atoms with van der Waals surface area (Å²) in [5, 5.41) is 24.4. The molecule has 6 rings (SSSR count). The molecule has 5 amide bonds. The highest BCUT2D eigenvalue weighted by molar-refractivity contribution is 7.14. The SMILES string of the molecule is Cc1ncsc1-c1ccc(CNC(=O)[C@@H]2C[C@@H](O)CN2C(=O)[C@@H](NC(=O)CCCCCCNC(=O)c2ccc(C(=O)Nc3nc(-c4ccccn4)cs3)cc2)C(C)(C)C)cc1. The topological polar surface area (TPSA) is 196 Å². The van der Waals surface area contributed by atoms with Crippen molar-refractivity contribution in [1.29, 1.82) is 0 Å². The Bertz CT molecular complexity index is 2290. The smallest absolute Gasteiger partial charge is 0.257 e. The number of aliphatic hydroxyl groups is 1. The fourth-order valence-electron chi connectivity index (χ4n) is 6.99. The van der Waals surface area contributed by atoms with Crippen molar-refractivity contribution in [3.05, 3.63) is 106 Å². The summed E-state index contributed by atoms with van der Waals surface area (Å²) < 4.78 is 0. The van der Waals surface area contributed by atoms with Gasteiger partial charge in [0, 0.05) is 55.2 Å². The Morgan fingerprint density at radius 1 is 0.852 bits per heavy atom. The molecule has 1 fully saturated rings. The van der Waals surface area contributed by atoms with Gasteiger partial charge in [-0.2, -0.15) is 0 Å². The van der Waals surface area contributed by atoms with Crippen molar-refractivity contribution in [1.82, 2.24) is 35.8 Å². The molecule has 0 saturated carbocycles. The Labute approximate surface area is 363 Å². The number of hydrogen-bond acceptors (Lipinski definition) is 11. The molecule has 3 aromatic heterocycles. The van der Waals surface area contributed by atoms with Gasteiger partial charge in [0.25, 0.3) is 11.8 Å². The first-order valence-corrected chi connectivity index (χ1v) is 22.1. The lowest BCUT2D eigenvalue weighted by atomic mass is 9.85. The molecule has 16 heteroatoms. The number of carbonyl (C=O) groups is 5. The van der Waals surface area contributed by atoms with Gasteiger partial charge in [-0.15, -0.1) is 22.7 Å². The number of amides is 5. The van der Waals surface area contributed by atoms with Gasteiger partial charge >= 0.3 is 0 Å². The number of thiazole rings is 2. The quantitative estimate of drug-likeness (QED) is 0.0660. The van der Waals surface area contributed by atoms with Crippen molar-refractivity contribution < 1.29 is 29.1 Å². The van der Waals surface area contributed by atoms with Crippen LogP contribution in [0.3, 0.4) is 0 Å². The molecule has 2 aromatic carbocycles. The maximum atomic E-state index is 14.0. The number of aryl methyl sites for hydroxylation is 1. The summed E-state index contributed by atoms with van der Waals surface area (Å²) in [6.07, 6.45) is 3.99. The van der Waals surface area contributed by atoms with E-state index in [0.29, 0.717) is 47.0 Å². The van der Waals surface area contributed by atoms with Crippen molar-refractivity contribution in [3.8, 4) is 21.8 Å². The predicted molar refractivity (Wildman–Crippen MR) is 237 cm³/mol. The molecule has 5 N–H and O–H groups in total. The molecule has 0 aliphatic carbocycles. The summed E-state index contributed by atoms with van der Waals surface area (Å²) in [4.78, 5) is 81.5. The van der Waals surface area contributed by atoms with Gasteiger partial charge in [0.2, 0.25) is 17.7 Å². The number of rotatable bonds is 17. The third kappa shape index (κ3) is 12.1. The van der Waals surface area contributed by atoms with E-state index in [1.165, 1.54) is 16.2 Å². The van der Waals surface area contributed by atoms with Crippen LogP contribution in [0.15, 0.2) is 83.8 Å². The van der Waals surface area contributed by atoms with Gasteiger partial charge in [0.1, 0.15) is 17.8 Å². The van der Waals surface area contributed by atoms with E-state index in [2.05, 4.69) is 36.2 Å². The fraction of sp³-hybridized carbons (Fsp3) is 0.378. The van der Waals surface area contributed by atoms with Crippen molar-refractivity contribution in [2.24, 2.45) is 5.41 Å². The lowest BCUT2D eigenvalue weighted by molar-refractivity contribution is -0.144. The minimum absolute atomic E-state index is 0.00407. The molecule has 0 radical (unpaired) electrons. The van der Waals surface area contributed by atoms with Gasteiger partial charge < -0.3 is 26.0 Å². The molecule has 0 spiro atoms. The number of hydrogen-bond donors (Lipinski definition) is 5. The van der Waals surface area contributed by atoms with Gasteiger partial charge in [0.05, 0.1) is 27.9 Å². The van der Waals surface area contributed by atoms with Crippen LogP contribution in [-0.2, 0) is 20.9 Å². The maximum Gasteiger partial charge on any atom is 0.257 e. The van der Waals surface area contributed by atoms with Crippen LogP contribution < -0.4 is 21.3 Å². The summed E-state index contributed by atoms with van der Waals surface area (Å²) in [5.41, 5.74) is 6.29. The number of nitrogens with one attached hydrogen (secondary N) is 4. The Kier molecular flexibility index (Phi) is 15.1. The first-order chi connectivity index (χ1) is 29.3. The molecule has 320 valence electrons. The normalized spacial score (nSPS) is 15.5. The standard InChI is InChI=1S/C45H52N8O6S2/c1-28-38(61-27-49-28)30-15-13-29(14-16-30)24-48-42(58)36-23-33(54)25-53(36)43(59)39(45(2,3)4)51-37(55)12-7-5-6-9-22-47-40(56)31-17-19-32(20-18-31)41(57)52-44-50-35(26-60-44)34-11-8-10-21-46-34/h8,10-11,13-21,26-27,33,36,39,54H,5-7,9,12,22-25H2,1-4H3,(H,47,56)(H,48,58)(H,51,55)(H,50,52,57)/t33-,36+,39-/m1/s1. The molecular formula is C45H52N8O6S2. The Hall–Kier alpha value is -5.84. The molecule has 61 heavy (non-hydrogen) atoms. The van der Waals surface area contributed by atoms with Crippen LogP contribution in [0.1, 0.15) is 91.3 Å². The van der Waals surface area contributed by atoms with Crippen LogP contribution in [0.4, 0.5) is 5.13 Å². The highest BCUT2D eigenvalue weighted by Crippen LogP contribution is 2.29. The second-order valence-corrected chi connectivity index (χ2v) is 17.9. The molecule has 1 aliphatic heterocycles. The number of anilines is 1. The molecule has 5 aromatic rings. The lowest BCUT2D eigenvalue weighted by Crippen LogP contribution is -2.57. The van der Waals surface area contributed by atoms with E-state index in [-0.39, 0.29) is 49.6 Å². The molecule has 14 nitrogen and oxygen atoms in total. The number of aliphatic hydroxyl groups excluding tert-OH is 1. The predicted octanol–water partition coefficient (Wildman–Crippen LogP) is 6.38. The van der Waals surface area contributed by atoms with Crippen LogP contribution >= 0.6 is 22.7 Å². The van der Waals surface area contributed by atoms with Crippen LogP contribution in [0, 0.1) is 12.3 Å². The number of benzene rings is 2. The van der Waals surface area contributed by atoms with E-state index >= 15 is 0 Å². The average molecular weight is 865 g/mol. The molecule has 1 aliphatic rings. The Balaban J connectivity index is 0.891. The van der Waals surface area contributed by atoms with Crippen LogP contribution in [0.25, 0.3) is 21.8 Å². The van der Waals surface area contributed by atoms with Crippen LogP contribution in [-0.4, -0.2) is 85.8 Å². The molecular weight excluding hydrogens is 813 g/mol. The van der Waals surface area contributed by atoms with E-state index in [9.17, 15) is 29.1 Å². The molecule has 0 unspecified atom stereocenters. The zero-order chi connectivity index (χ0) is 43.5. The van der Waals surface area contributed by atoms with E-state index in [0.717, 1.165) is 34.5 Å². The van der Waals surface area contributed by atoms with E-state index in [4.69, 9.17) is 0 Å².